The fourth-order valence-corrected chi connectivity index (χ4v) is 4.63. The smallest absolute Gasteiger partial charge is 0.225 e. The Hall–Kier alpha value is -3.22. The Labute approximate surface area is 195 Å². The van der Waals surface area contributed by atoms with Crippen molar-refractivity contribution in [1.29, 1.82) is 0 Å². The summed E-state index contributed by atoms with van der Waals surface area (Å²) in [6.45, 7) is 7.15. The minimum absolute atomic E-state index is 0.0452. The fraction of sp³-hybridized carbons (Fsp3) is 0.462. The third-order valence-electron chi connectivity index (χ3n) is 6.62. The molecule has 174 valence electrons. The lowest BCUT2D eigenvalue weighted by Gasteiger charge is -2.23. The summed E-state index contributed by atoms with van der Waals surface area (Å²) in [5, 5.41) is 4.49. The lowest BCUT2D eigenvalue weighted by Crippen LogP contribution is -2.33. The summed E-state index contributed by atoms with van der Waals surface area (Å²) in [6.07, 6.45) is 3.04. The second kappa shape index (κ2) is 9.73. The maximum atomic E-state index is 13.4. The molecule has 1 amide bonds. The molecular formula is C26H33N5O2. The summed E-state index contributed by atoms with van der Waals surface area (Å²) in [5.41, 5.74) is 6.23. The summed E-state index contributed by atoms with van der Waals surface area (Å²) in [6, 6.07) is 9.98. The fourth-order valence-electron chi connectivity index (χ4n) is 4.63. The molecule has 3 aromatic rings. The molecule has 2 aromatic heterocycles. The van der Waals surface area contributed by atoms with Crippen molar-refractivity contribution in [2.24, 2.45) is 13.0 Å². The molecule has 1 aromatic carbocycles. The van der Waals surface area contributed by atoms with E-state index in [0.717, 1.165) is 59.5 Å². The Morgan fingerprint density at radius 2 is 1.88 bits per heavy atom. The molecule has 1 unspecified atom stereocenters. The number of aryl methyl sites for hydroxylation is 3. The Kier molecular flexibility index (Phi) is 6.77. The molecule has 0 N–H and O–H groups in total. The zero-order chi connectivity index (χ0) is 23.5. The van der Waals surface area contributed by atoms with Gasteiger partial charge in [0, 0.05) is 48.9 Å². The number of ether oxygens (including phenoxy) is 1. The molecule has 1 atom stereocenters. The highest BCUT2D eigenvalue weighted by Crippen LogP contribution is 2.32. The Balaban J connectivity index is 1.54. The number of hydrogen-bond acceptors (Lipinski definition) is 5. The van der Waals surface area contributed by atoms with E-state index in [-0.39, 0.29) is 11.8 Å². The summed E-state index contributed by atoms with van der Waals surface area (Å²) >= 11 is 0. The highest BCUT2D eigenvalue weighted by molar-refractivity contribution is 5.78. The standard InChI is InChI=1S/C26H33N5O2/c1-6-33-25-21-14-12-20(26(32)30(4)16-22-17(2)29-31(5)18(22)3)13-15-23(21)27-24(28-25)19-10-8-7-9-11-19/h7-11,20H,6,12-16H2,1-5H3. The molecule has 0 bridgehead atoms. The van der Waals surface area contributed by atoms with Crippen LogP contribution < -0.4 is 4.74 Å². The van der Waals surface area contributed by atoms with Gasteiger partial charge in [0.1, 0.15) is 0 Å². The van der Waals surface area contributed by atoms with Gasteiger partial charge < -0.3 is 9.64 Å². The third kappa shape index (κ3) is 4.77. The normalized spacial score (nSPS) is 15.6. The molecule has 0 spiro atoms. The van der Waals surface area contributed by atoms with E-state index >= 15 is 0 Å². The third-order valence-corrected chi connectivity index (χ3v) is 6.62. The molecule has 1 aliphatic rings. The van der Waals surface area contributed by atoms with Gasteiger partial charge in [-0.2, -0.15) is 10.1 Å². The molecule has 4 rings (SSSR count). The van der Waals surface area contributed by atoms with Crippen LogP contribution in [0.15, 0.2) is 30.3 Å². The number of rotatable bonds is 6. The first-order chi connectivity index (χ1) is 15.9. The zero-order valence-corrected chi connectivity index (χ0v) is 20.3. The highest BCUT2D eigenvalue weighted by atomic mass is 16.5. The van der Waals surface area contributed by atoms with Crippen LogP contribution >= 0.6 is 0 Å². The van der Waals surface area contributed by atoms with E-state index in [1.807, 2.05) is 74.8 Å². The van der Waals surface area contributed by atoms with Gasteiger partial charge in [0.15, 0.2) is 5.82 Å². The van der Waals surface area contributed by atoms with Crippen LogP contribution in [0.2, 0.25) is 0 Å². The Bertz CT molecular complexity index is 1140. The molecule has 2 heterocycles. The van der Waals surface area contributed by atoms with Crippen LogP contribution in [-0.2, 0) is 31.2 Å². The van der Waals surface area contributed by atoms with Crippen LogP contribution in [0.1, 0.15) is 48.0 Å². The second-order valence-electron chi connectivity index (χ2n) is 8.82. The summed E-state index contributed by atoms with van der Waals surface area (Å²) in [5.74, 6) is 1.47. The number of carbonyl (C=O) groups excluding carboxylic acids is 1. The molecule has 33 heavy (non-hydrogen) atoms. The molecule has 0 radical (unpaired) electrons. The molecule has 7 nitrogen and oxygen atoms in total. The first-order valence-electron chi connectivity index (χ1n) is 11.7. The second-order valence-corrected chi connectivity index (χ2v) is 8.82. The van der Waals surface area contributed by atoms with Crippen LogP contribution in [0.5, 0.6) is 5.88 Å². The average Bonchev–Trinajstić information content (AvgIpc) is 2.97. The topological polar surface area (TPSA) is 73.1 Å². The minimum Gasteiger partial charge on any atom is -0.478 e. The number of nitrogens with zero attached hydrogens (tertiary/aromatic N) is 5. The van der Waals surface area contributed by atoms with Crippen LogP contribution in [0.4, 0.5) is 0 Å². The van der Waals surface area contributed by atoms with Crippen LogP contribution in [0.3, 0.4) is 0 Å². The van der Waals surface area contributed by atoms with Crippen LogP contribution in [0, 0.1) is 19.8 Å². The van der Waals surface area contributed by atoms with Gasteiger partial charge in [-0.1, -0.05) is 30.3 Å². The first-order valence-corrected chi connectivity index (χ1v) is 11.7. The van der Waals surface area contributed by atoms with Crippen molar-refractivity contribution in [1.82, 2.24) is 24.6 Å². The van der Waals surface area contributed by atoms with E-state index in [1.54, 1.807) is 0 Å². The number of carbonyl (C=O) groups is 1. The lowest BCUT2D eigenvalue weighted by molar-refractivity contribution is -0.135. The maximum Gasteiger partial charge on any atom is 0.225 e. The Morgan fingerprint density at radius 3 is 2.55 bits per heavy atom. The van der Waals surface area contributed by atoms with Crippen molar-refractivity contribution in [3.8, 4) is 17.3 Å². The van der Waals surface area contributed by atoms with Crippen molar-refractivity contribution < 1.29 is 9.53 Å². The van der Waals surface area contributed by atoms with E-state index in [4.69, 9.17) is 14.7 Å². The van der Waals surface area contributed by atoms with E-state index in [2.05, 4.69) is 5.10 Å². The minimum atomic E-state index is -0.0452. The number of fused-ring (bicyclic) bond motifs is 1. The van der Waals surface area contributed by atoms with E-state index < -0.39 is 0 Å². The molecule has 0 saturated carbocycles. The van der Waals surface area contributed by atoms with Crippen molar-refractivity contribution in [3.63, 3.8) is 0 Å². The largest absolute Gasteiger partial charge is 0.478 e. The SMILES string of the molecule is CCOc1nc(-c2ccccc2)nc2c1CCC(C(=O)N(C)Cc1c(C)nn(C)c1C)CC2. The summed E-state index contributed by atoms with van der Waals surface area (Å²) < 4.78 is 7.80. The first kappa shape index (κ1) is 23.0. The number of benzene rings is 1. The van der Waals surface area contributed by atoms with Gasteiger partial charge in [-0.15, -0.1) is 0 Å². The lowest BCUT2D eigenvalue weighted by atomic mass is 9.98. The van der Waals surface area contributed by atoms with Gasteiger partial charge in [-0.05, 0) is 46.5 Å². The van der Waals surface area contributed by atoms with Gasteiger partial charge in [0.2, 0.25) is 11.8 Å². The molecule has 1 aliphatic carbocycles. The van der Waals surface area contributed by atoms with Crippen LogP contribution in [-0.4, -0.2) is 44.2 Å². The quantitative estimate of drug-likeness (QED) is 0.533. The van der Waals surface area contributed by atoms with Gasteiger partial charge in [-0.3, -0.25) is 9.48 Å². The highest BCUT2D eigenvalue weighted by Gasteiger charge is 2.29. The maximum absolute atomic E-state index is 13.4. The van der Waals surface area contributed by atoms with Gasteiger partial charge >= 0.3 is 0 Å². The molecule has 7 heteroatoms. The van der Waals surface area contributed by atoms with Crippen LogP contribution in [0.25, 0.3) is 11.4 Å². The average molecular weight is 448 g/mol. The molecule has 0 fully saturated rings. The van der Waals surface area contributed by atoms with Crippen molar-refractivity contribution in [2.75, 3.05) is 13.7 Å². The molecular weight excluding hydrogens is 414 g/mol. The van der Waals surface area contributed by atoms with Gasteiger partial charge in [0.05, 0.1) is 18.0 Å². The van der Waals surface area contributed by atoms with Gasteiger partial charge in [-0.25, -0.2) is 4.98 Å². The van der Waals surface area contributed by atoms with Gasteiger partial charge in [0.25, 0.3) is 0 Å². The summed E-state index contributed by atoms with van der Waals surface area (Å²) in [4.78, 5) is 24.8. The number of aromatic nitrogens is 4. The summed E-state index contributed by atoms with van der Waals surface area (Å²) in [7, 11) is 3.84. The van der Waals surface area contributed by atoms with E-state index in [1.165, 1.54) is 0 Å². The molecule has 0 saturated heterocycles. The Morgan fingerprint density at radius 1 is 1.15 bits per heavy atom. The predicted octanol–water partition coefficient (Wildman–Crippen LogP) is 4.05. The van der Waals surface area contributed by atoms with E-state index in [9.17, 15) is 4.79 Å². The van der Waals surface area contributed by atoms with Crippen molar-refractivity contribution in [2.45, 2.75) is 53.0 Å². The van der Waals surface area contributed by atoms with Crippen molar-refractivity contribution >= 4 is 5.91 Å². The number of amides is 1. The zero-order valence-electron chi connectivity index (χ0n) is 20.3. The molecule has 0 aliphatic heterocycles. The predicted molar refractivity (Wildman–Crippen MR) is 128 cm³/mol. The number of hydrogen-bond donors (Lipinski definition) is 0. The van der Waals surface area contributed by atoms with Crippen molar-refractivity contribution in [3.05, 3.63) is 58.5 Å². The monoisotopic (exact) mass is 447 g/mol. The van der Waals surface area contributed by atoms with E-state index in [0.29, 0.717) is 24.9 Å².